The summed E-state index contributed by atoms with van der Waals surface area (Å²) in [6, 6.07) is 14.0. The third kappa shape index (κ3) is 4.57. The van der Waals surface area contributed by atoms with E-state index in [9.17, 15) is 0 Å². The first-order valence-electron chi connectivity index (χ1n) is 9.96. The minimum Gasteiger partial charge on any atom is -0.378 e. The minimum atomic E-state index is 0.225. The van der Waals surface area contributed by atoms with Gasteiger partial charge >= 0.3 is 0 Å². The third-order valence-corrected chi connectivity index (χ3v) is 6.99. The van der Waals surface area contributed by atoms with Gasteiger partial charge in [0.1, 0.15) is 0 Å². The fraction of sp³-hybridized carbons (Fsp3) is 0.565. The van der Waals surface area contributed by atoms with Crippen molar-refractivity contribution in [3.05, 3.63) is 57.8 Å². The van der Waals surface area contributed by atoms with Crippen molar-refractivity contribution in [1.29, 1.82) is 0 Å². The van der Waals surface area contributed by atoms with Crippen LogP contribution < -0.4 is 5.32 Å². The molecule has 2 aromatic rings. The van der Waals surface area contributed by atoms with E-state index in [1.165, 1.54) is 22.4 Å². The molecule has 0 unspecified atom stereocenters. The molecule has 0 bridgehead atoms. The van der Waals surface area contributed by atoms with Crippen molar-refractivity contribution >= 4 is 11.3 Å². The quantitative estimate of drug-likeness (QED) is 0.657. The van der Waals surface area contributed by atoms with Crippen LogP contribution in [0.15, 0.2) is 41.8 Å². The van der Waals surface area contributed by atoms with E-state index in [2.05, 4.69) is 74.8 Å². The SMILES string of the molecule is Cc1ccc([C@@]2(CCN[C@@H](C)c3cccs3)CCO[C@H](C(C)C)C2)cc1. The Morgan fingerprint density at radius 1 is 1.19 bits per heavy atom. The van der Waals surface area contributed by atoms with Gasteiger partial charge in [0, 0.05) is 22.9 Å². The van der Waals surface area contributed by atoms with Gasteiger partial charge in [-0.05, 0) is 62.6 Å². The van der Waals surface area contributed by atoms with Crippen LogP contribution in [0.25, 0.3) is 0 Å². The maximum absolute atomic E-state index is 6.11. The van der Waals surface area contributed by atoms with E-state index in [-0.39, 0.29) is 5.41 Å². The second-order valence-corrected chi connectivity index (χ2v) is 9.17. The summed E-state index contributed by atoms with van der Waals surface area (Å²) >= 11 is 1.84. The lowest BCUT2D eigenvalue weighted by atomic mass is 9.68. The molecule has 0 saturated carbocycles. The van der Waals surface area contributed by atoms with E-state index >= 15 is 0 Å². The minimum absolute atomic E-state index is 0.225. The molecule has 26 heavy (non-hydrogen) atoms. The fourth-order valence-corrected chi connectivity index (χ4v) is 4.85. The topological polar surface area (TPSA) is 21.3 Å². The van der Waals surface area contributed by atoms with Gasteiger partial charge in [-0.3, -0.25) is 0 Å². The molecule has 1 N–H and O–H groups in total. The summed E-state index contributed by atoms with van der Waals surface area (Å²) in [5, 5.41) is 5.91. The zero-order chi connectivity index (χ0) is 18.6. The van der Waals surface area contributed by atoms with Crippen LogP contribution >= 0.6 is 11.3 Å². The summed E-state index contributed by atoms with van der Waals surface area (Å²) in [6.07, 6.45) is 3.77. The number of hydrogen-bond acceptors (Lipinski definition) is 3. The predicted octanol–water partition coefficient (Wildman–Crippen LogP) is 5.87. The molecule has 142 valence electrons. The second-order valence-electron chi connectivity index (χ2n) is 8.19. The first-order valence-corrected chi connectivity index (χ1v) is 10.8. The summed E-state index contributed by atoms with van der Waals surface area (Å²) < 4.78 is 6.11. The number of rotatable bonds is 7. The van der Waals surface area contributed by atoms with Gasteiger partial charge in [0.2, 0.25) is 0 Å². The maximum atomic E-state index is 6.11. The van der Waals surface area contributed by atoms with Crippen LogP contribution in [0.3, 0.4) is 0 Å². The average Bonchev–Trinajstić information content (AvgIpc) is 3.17. The van der Waals surface area contributed by atoms with E-state index in [1.807, 2.05) is 11.3 Å². The van der Waals surface area contributed by atoms with Crippen LogP contribution in [0.5, 0.6) is 0 Å². The van der Waals surface area contributed by atoms with Gasteiger partial charge < -0.3 is 10.1 Å². The second kappa shape index (κ2) is 8.69. The van der Waals surface area contributed by atoms with E-state index in [0.717, 1.165) is 26.0 Å². The predicted molar refractivity (Wildman–Crippen MR) is 112 cm³/mol. The van der Waals surface area contributed by atoms with Crippen molar-refractivity contribution in [1.82, 2.24) is 5.32 Å². The van der Waals surface area contributed by atoms with Crippen LogP contribution in [0.1, 0.15) is 62.1 Å². The molecule has 1 aromatic heterocycles. The summed E-state index contributed by atoms with van der Waals surface area (Å²) in [6.45, 7) is 10.9. The largest absolute Gasteiger partial charge is 0.378 e. The highest BCUT2D eigenvalue weighted by Crippen LogP contribution is 2.42. The molecule has 1 aromatic carbocycles. The summed E-state index contributed by atoms with van der Waals surface area (Å²) in [5.41, 5.74) is 3.05. The van der Waals surface area contributed by atoms with Crippen LogP contribution in [0, 0.1) is 12.8 Å². The number of ether oxygens (including phenoxy) is 1. The molecule has 0 amide bonds. The van der Waals surface area contributed by atoms with Crippen molar-refractivity contribution in [3.8, 4) is 0 Å². The third-order valence-electron chi connectivity index (χ3n) is 5.94. The Hall–Kier alpha value is -1.16. The number of benzene rings is 1. The normalized spacial score (nSPS) is 24.7. The zero-order valence-corrected chi connectivity index (χ0v) is 17.4. The Bertz CT molecular complexity index is 664. The number of hydrogen-bond donors (Lipinski definition) is 1. The molecule has 0 radical (unpaired) electrons. The van der Waals surface area contributed by atoms with Crippen molar-refractivity contribution in [3.63, 3.8) is 0 Å². The van der Waals surface area contributed by atoms with Crippen molar-refractivity contribution in [2.45, 2.75) is 64.5 Å². The first-order chi connectivity index (χ1) is 12.5. The number of nitrogens with one attached hydrogen (secondary N) is 1. The Balaban J connectivity index is 1.73. The molecule has 3 heteroatoms. The standard InChI is InChI=1S/C23H33NOS/c1-17(2)21-16-23(12-14-25-21,20-9-7-18(3)8-10-20)11-13-24-19(4)22-6-5-15-26-22/h5-10,15,17,19,21,24H,11-14,16H2,1-4H3/t19-,21-,23-/m0/s1. The van der Waals surface area contributed by atoms with Crippen LogP contribution in [0.4, 0.5) is 0 Å². The average molecular weight is 372 g/mol. The van der Waals surface area contributed by atoms with E-state index in [1.54, 1.807) is 0 Å². The van der Waals surface area contributed by atoms with E-state index in [4.69, 9.17) is 4.74 Å². The molecule has 2 heterocycles. The van der Waals surface area contributed by atoms with Gasteiger partial charge in [-0.1, -0.05) is 49.7 Å². The maximum Gasteiger partial charge on any atom is 0.0606 e. The van der Waals surface area contributed by atoms with E-state index in [0.29, 0.717) is 18.1 Å². The van der Waals surface area contributed by atoms with E-state index < -0.39 is 0 Å². The van der Waals surface area contributed by atoms with Crippen LogP contribution in [0.2, 0.25) is 0 Å². The van der Waals surface area contributed by atoms with Crippen LogP contribution in [-0.4, -0.2) is 19.3 Å². The molecular formula is C23H33NOS. The summed E-state index contributed by atoms with van der Waals surface area (Å²) in [7, 11) is 0. The molecule has 3 atom stereocenters. The number of thiophene rings is 1. The molecule has 0 spiro atoms. The molecule has 0 aliphatic carbocycles. The van der Waals surface area contributed by atoms with Crippen molar-refractivity contribution < 1.29 is 4.74 Å². The fourth-order valence-electron chi connectivity index (χ4n) is 4.09. The summed E-state index contributed by atoms with van der Waals surface area (Å²) in [5.74, 6) is 0.568. The van der Waals surface area contributed by atoms with Gasteiger partial charge in [0.05, 0.1) is 6.10 Å². The Labute approximate surface area is 163 Å². The smallest absolute Gasteiger partial charge is 0.0606 e. The van der Waals surface area contributed by atoms with Crippen molar-refractivity contribution in [2.24, 2.45) is 5.92 Å². The number of aryl methyl sites for hydroxylation is 1. The Morgan fingerprint density at radius 2 is 1.96 bits per heavy atom. The Morgan fingerprint density at radius 3 is 2.62 bits per heavy atom. The van der Waals surface area contributed by atoms with Gasteiger partial charge in [-0.25, -0.2) is 0 Å². The zero-order valence-electron chi connectivity index (χ0n) is 16.6. The lowest BCUT2D eigenvalue weighted by Gasteiger charge is -2.43. The molecule has 1 saturated heterocycles. The van der Waals surface area contributed by atoms with Gasteiger partial charge in [-0.15, -0.1) is 11.3 Å². The molecule has 1 aliphatic rings. The Kier molecular flexibility index (Phi) is 6.55. The highest BCUT2D eigenvalue weighted by molar-refractivity contribution is 7.10. The summed E-state index contributed by atoms with van der Waals surface area (Å²) in [4.78, 5) is 1.42. The highest BCUT2D eigenvalue weighted by atomic mass is 32.1. The lowest BCUT2D eigenvalue weighted by molar-refractivity contribution is -0.0470. The van der Waals surface area contributed by atoms with Crippen molar-refractivity contribution in [2.75, 3.05) is 13.2 Å². The molecule has 3 rings (SSSR count). The molecule has 1 aliphatic heterocycles. The highest BCUT2D eigenvalue weighted by Gasteiger charge is 2.39. The molecule has 1 fully saturated rings. The molecule has 2 nitrogen and oxygen atoms in total. The lowest BCUT2D eigenvalue weighted by Crippen LogP contribution is -2.42. The van der Waals surface area contributed by atoms with Gasteiger partial charge in [-0.2, -0.15) is 0 Å². The molecular weight excluding hydrogens is 338 g/mol. The first kappa shape index (κ1) is 19.6. The van der Waals surface area contributed by atoms with Crippen LogP contribution in [-0.2, 0) is 10.2 Å². The van der Waals surface area contributed by atoms with Gasteiger partial charge in [0.25, 0.3) is 0 Å². The monoisotopic (exact) mass is 371 g/mol. The van der Waals surface area contributed by atoms with Gasteiger partial charge in [0.15, 0.2) is 0 Å².